The van der Waals surface area contributed by atoms with Crippen LogP contribution in [0.1, 0.15) is 37.3 Å². The van der Waals surface area contributed by atoms with Gasteiger partial charge in [0, 0.05) is 18.2 Å². The maximum atomic E-state index is 11.7. The van der Waals surface area contributed by atoms with Crippen molar-refractivity contribution in [2.75, 3.05) is 18.1 Å². The molecule has 1 saturated carbocycles. The van der Waals surface area contributed by atoms with Crippen LogP contribution in [0.4, 0.5) is 0 Å². The van der Waals surface area contributed by atoms with Gasteiger partial charge >= 0.3 is 0 Å². The van der Waals surface area contributed by atoms with Crippen LogP contribution < -0.4 is 10.1 Å². The van der Waals surface area contributed by atoms with Gasteiger partial charge in [0.15, 0.2) is 9.84 Å². The van der Waals surface area contributed by atoms with Crippen LogP contribution in [-0.2, 0) is 16.4 Å². The Balaban J connectivity index is 1.91. The Labute approximate surface area is 127 Å². The van der Waals surface area contributed by atoms with Gasteiger partial charge in [0.1, 0.15) is 12.4 Å². The molecule has 21 heavy (non-hydrogen) atoms. The van der Waals surface area contributed by atoms with E-state index in [-0.39, 0.29) is 18.1 Å². The molecule has 0 heterocycles. The Morgan fingerprint density at radius 1 is 1.29 bits per heavy atom. The van der Waals surface area contributed by atoms with Crippen molar-refractivity contribution < 1.29 is 13.2 Å². The fraction of sp³-hybridized carbons (Fsp3) is 0.625. The first kappa shape index (κ1) is 16.3. The summed E-state index contributed by atoms with van der Waals surface area (Å²) in [6.45, 7) is 4.93. The highest BCUT2D eigenvalue weighted by Crippen LogP contribution is 2.23. The van der Waals surface area contributed by atoms with E-state index in [9.17, 15) is 8.42 Å². The molecule has 1 fully saturated rings. The topological polar surface area (TPSA) is 55.4 Å². The highest BCUT2D eigenvalue weighted by atomic mass is 32.2. The van der Waals surface area contributed by atoms with Gasteiger partial charge in [-0.05, 0) is 32.3 Å². The van der Waals surface area contributed by atoms with E-state index in [1.165, 1.54) is 18.4 Å². The summed E-state index contributed by atoms with van der Waals surface area (Å²) < 4.78 is 29.1. The minimum atomic E-state index is -2.98. The molecule has 0 radical (unpaired) electrons. The first-order chi connectivity index (χ1) is 10.00. The van der Waals surface area contributed by atoms with Crippen molar-refractivity contribution in [2.45, 2.75) is 45.7 Å². The monoisotopic (exact) mass is 311 g/mol. The van der Waals surface area contributed by atoms with E-state index < -0.39 is 9.84 Å². The maximum Gasteiger partial charge on any atom is 0.153 e. The highest BCUT2D eigenvalue weighted by molar-refractivity contribution is 7.91. The van der Waals surface area contributed by atoms with Gasteiger partial charge in [-0.2, -0.15) is 0 Å². The van der Waals surface area contributed by atoms with Crippen molar-refractivity contribution in [3.05, 3.63) is 29.3 Å². The summed E-state index contributed by atoms with van der Waals surface area (Å²) in [7, 11) is -2.98. The van der Waals surface area contributed by atoms with Crippen molar-refractivity contribution in [2.24, 2.45) is 0 Å². The average Bonchev–Trinajstić information content (AvgIpc) is 3.22. The van der Waals surface area contributed by atoms with Gasteiger partial charge in [0.05, 0.1) is 11.5 Å². The SMILES string of the molecule is CCCS(=O)(=O)CCOc1ccc(C)cc1CNC1CC1. The van der Waals surface area contributed by atoms with E-state index in [2.05, 4.69) is 18.3 Å². The Kier molecular flexibility index (Phi) is 5.65. The summed E-state index contributed by atoms with van der Waals surface area (Å²) in [4.78, 5) is 0. The average molecular weight is 311 g/mol. The third-order valence-corrected chi connectivity index (χ3v) is 5.36. The van der Waals surface area contributed by atoms with Crippen LogP contribution >= 0.6 is 0 Å². The molecule has 0 spiro atoms. The lowest BCUT2D eigenvalue weighted by Crippen LogP contribution is -2.19. The molecule has 1 aliphatic rings. The molecule has 0 aliphatic heterocycles. The molecule has 118 valence electrons. The van der Waals surface area contributed by atoms with Crippen LogP contribution in [0.5, 0.6) is 5.75 Å². The molecule has 1 N–H and O–H groups in total. The summed E-state index contributed by atoms with van der Waals surface area (Å²) in [5.74, 6) is 1.12. The summed E-state index contributed by atoms with van der Waals surface area (Å²) in [5.41, 5.74) is 2.29. The number of hydrogen-bond donors (Lipinski definition) is 1. The second-order valence-corrected chi connectivity index (χ2v) is 8.07. The molecule has 1 aromatic rings. The first-order valence-corrected chi connectivity index (χ1v) is 9.48. The molecule has 2 rings (SSSR count). The zero-order valence-corrected chi connectivity index (χ0v) is 13.7. The lowest BCUT2D eigenvalue weighted by Gasteiger charge is -2.13. The number of hydrogen-bond acceptors (Lipinski definition) is 4. The first-order valence-electron chi connectivity index (χ1n) is 7.66. The fourth-order valence-electron chi connectivity index (χ4n) is 2.22. The van der Waals surface area contributed by atoms with Crippen LogP contribution in [0.2, 0.25) is 0 Å². The van der Waals surface area contributed by atoms with Gasteiger partial charge in [0.2, 0.25) is 0 Å². The van der Waals surface area contributed by atoms with Gasteiger partial charge < -0.3 is 10.1 Å². The lowest BCUT2D eigenvalue weighted by atomic mass is 10.1. The lowest BCUT2D eigenvalue weighted by molar-refractivity contribution is 0.336. The van der Waals surface area contributed by atoms with Gasteiger partial charge in [-0.1, -0.05) is 24.6 Å². The summed E-state index contributed by atoms with van der Waals surface area (Å²) in [6, 6.07) is 6.68. The Morgan fingerprint density at radius 2 is 2.05 bits per heavy atom. The molecule has 0 atom stereocenters. The van der Waals surface area contributed by atoms with Gasteiger partial charge in [0.25, 0.3) is 0 Å². The molecule has 1 aliphatic carbocycles. The zero-order chi connectivity index (χ0) is 15.3. The zero-order valence-electron chi connectivity index (χ0n) is 12.9. The fourth-order valence-corrected chi connectivity index (χ4v) is 3.38. The van der Waals surface area contributed by atoms with Crippen molar-refractivity contribution in [1.82, 2.24) is 5.32 Å². The second-order valence-electron chi connectivity index (χ2n) is 5.77. The number of rotatable bonds is 9. The van der Waals surface area contributed by atoms with Gasteiger partial charge in [-0.25, -0.2) is 8.42 Å². The summed E-state index contributed by atoms with van der Waals surface area (Å²) in [5, 5.41) is 3.47. The smallest absolute Gasteiger partial charge is 0.153 e. The molecule has 0 aromatic heterocycles. The van der Waals surface area contributed by atoms with Gasteiger partial charge in [-0.3, -0.25) is 0 Å². The Bertz CT molecular complexity index is 565. The highest BCUT2D eigenvalue weighted by Gasteiger charge is 2.20. The maximum absolute atomic E-state index is 11.7. The minimum absolute atomic E-state index is 0.0875. The van der Waals surface area contributed by atoms with Crippen LogP contribution in [0, 0.1) is 6.92 Å². The van der Waals surface area contributed by atoms with Crippen molar-refractivity contribution in [1.29, 1.82) is 0 Å². The molecule has 4 nitrogen and oxygen atoms in total. The van der Waals surface area contributed by atoms with Gasteiger partial charge in [-0.15, -0.1) is 0 Å². The van der Waals surface area contributed by atoms with Crippen molar-refractivity contribution in [3.63, 3.8) is 0 Å². The van der Waals surface area contributed by atoms with E-state index in [1.54, 1.807) is 0 Å². The number of benzene rings is 1. The van der Waals surface area contributed by atoms with Crippen LogP contribution in [0.25, 0.3) is 0 Å². The van der Waals surface area contributed by atoms with E-state index in [4.69, 9.17) is 4.74 Å². The van der Waals surface area contributed by atoms with E-state index in [0.717, 1.165) is 17.9 Å². The normalized spacial score (nSPS) is 15.1. The van der Waals surface area contributed by atoms with E-state index in [0.29, 0.717) is 12.5 Å². The van der Waals surface area contributed by atoms with E-state index in [1.807, 2.05) is 19.1 Å². The number of ether oxygens (including phenoxy) is 1. The molecule has 1 aromatic carbocycles. The Morgan fingerprint density at radius 3 is 2.71 bits per heavy atom. The third kappa shape index (κ3) is 5.67. The quantitative estimate of drug-likeness (QED) is 0.761. The number of sulfone groups is 1. The number of nitrogens with one attached hydrogen (secondary N) is 1. The van der Waals surface area contributed by atoms with Crippen molar-refractivity contribution in [3.8, 4) is 5.75 Å². The van der Waals surface area contributed by atoms with Crippen LogP contribution in [0.15, 0.2) is 18.2 Å². The molecule has 0 amide bonds. The molecule has 5 heteroatoms. The summed E-state index contributed by atoms with van der Waals surface area (Å²) >= 11 is 0. The standard InChI is InChI=1S/C16H25NO3S/c1-3-9-21(18,19)10-8-20-16-7-4-13(2)11-14(16)12-17-15-5-6-15/h4,7,11,15,17H,3,5-6,8-10,12H2,1-2H3. The predicted molar refractivity (Wildman–Crippen MR) is 85.5 cm³/mol. The van der Waals surface area contributed by atoms with Crippen LogP contribution in [-0.4, -0.2) is 32.6 Å². The molecule has 0 saturated heterocycles. The minimum Gasteiger partial charge on any atom is -0.492 e. The predicted octanol–water partition coefficient (Wildman–Crippen LogP) is 2.45. The molecular formula is C16H25NO3S. The third-order valence-electron chi connectivity index (χ3n) is 3.54. The molecule has 0 unspecified atom stereocenters. The Hall–Kier alpha value is -1.07. The van der Waals surface area contributed by atoms with Crippen LogP contribution in [0.3, 0.4) is 0 Å². The number of aryl methyl sites for hydroxylation is 1. The van der Waals surface area contributed by atoms with E-state index >= 15 is 0 Å². The second kappa shape index (κ2) is 7.27. The molecular weight excluding hydrogens is 286 g/mol. The largest absolute Gasteiger partial charge is 0.492 e. The van der Waals surface area contributed by atoms with Crippen molar-refractivity contribution >= 4 is 9.84 Å². The summed E-state index contributed by atoms with van der Waals surface area (Å²) in [6.07, 6.45) is 3.15. The molecule has 0 bridgehead atoms.